The van der Waals surface area contributed by atoms with Crippen LogP contribution in [0.25, 0.3) is 0 Å². The summed E-state index contributed by atoms with van der Waals surface area (Å²) in [4.78, 5) is 4.52. The Morgan fingerprint density at radius 3 is 2.76 bits per heavy atom. The van der Waals surface area contributed by atoms with Gasteiger partial charge in [-0.05, 0) is 37.8 Å². The van der Waals surface area contributed by atoms with E-state index in [0.717, 1.165) is 43.8 Å². The van der Waals surface area contributed by atoms with Gasteiger partial charge in [-0.3, -0.25) is 0 Å². The number of methoxy groups -OCH3 is 1. The third-order valence-electron chi connectivity index (χ3n) is 3.90. The largest absolute Gasteiger partial charge is 0.474 e. The normalized spacial score (nSPS) is 22.5. The van der Waals surface area contributed by atoms with Crippen molar-refractivity contribution >= 4 is 0 Å². The summed E-state index contributed by atoms with van der Waals surface area (Å²) in [6.45, 7) is 7.17. The molecule has 1 aromatic heterocycles. The number of aryl methyl sites for hydroxylation is 1. The molecule has 1 fully saturated rings. The lowest BCUT2D eigenvalue weighted by atomic mass is 9.95. The predicted octanol–water partition coefficient (Wildman–Crippen LogP) is 3.22. The van der Waals surface area contributed by atoms with Gasteiger partial charge in [0, 0.05) is 37.9 Å². The quantitative estimate of drug-likeness (QED) is 0.874. The Hall–Kier alpha value is -1.13. The molecule has 2 atom stereocenters. The molecule has 1 aliphatic carbocycles. The zero-order valence-electron chi connectivity index (χ0n) is 13.7. The minimum Gasteiger partial charge on any atom is -0.474 e. The molecule has 0 saturated heterocycles. The standard InChI is InChI=1S/C17H28N2O2/c1-12(2)18-11-14-8-13(3)19-17(9-14)21-16-7-5-6-15(10-16)20-4/h8-9,12,15-16,18H,5-7,10-11H2,1-4H3. The molecule has 4 nitrogen and oxygen atoms in total. The van der Waals surface area contributed by atoms with Crippen molar-refractivity contribution in [1.29, 1.82) is 0 Å². The van der Waals surface area contributed by atoms with Crippen LogP contribution in [0.15, 0.2) is 12.1 Å². The molecule has 1 heterocycles. The van der Waals surface area contributed by atoms with Gasteiger partial charge in [0.05, 0.1) is 6.10 Å². The van der Waals surface area contributed by atoms with Gasteiger partial charge in [-0.15, -0.1) is 0 Å². The van der Waals surface area contributed by atoms with Crippen molar-refractivity contribution in [1.82, 2.24) is 10.3 Å². The van der Waals surface area contributed by atoms with Crippen LogP contribution in [0.2, 0.25) is 0 Å². The van der Waals surface area contributed by atoms with Crippen LogP contribution >= 0.6 is 0 Å². The molecule has 1 aromatic rings. The van der Waals surface area contributed by atoms with Gasteiger partial charge < -0.3 is 14.8 Å². The lowest BCUT2D eigenvalue weighted by molar-refractivity contribution is 0.0194. The summed E-state index contributed by atoms with van der Waals surface area (Å²) >= 11 is 0. The van der Waals surface area contributed by atoms with Crippen LogP contribution in [0.4, 0.5) is 0 Å². The number of hydrogen-bond donors (Lipinski definition) is 1. The zero-order chi connectivity index (χ0) is 15.2. The van der Waals surface area contributed by atoms with Gasteiger partial charge in [-0.2, -0.15) is 0 Å². The number of rotatable bonds is 6. The minimum absolute atomic E-state index is 0.226. The van der Waals surface area contributed by atoms with E-state index in [9.17, 15) is 0 Å². The van der Waals surface area contributed by atoms with Crippen LogP contribution in [0.3, 0.4) is 0 Å². The molecule has 1 N–H and O–H groups in total. The first kappa shape index (κ1) is 16.2. The van der Waals surface area contributed by atoms with Gasteiger partial charge in [0.25, 0.3) is 0 Å². The van der Waals surface area contributed by atoms with Gasteiger partial charge in [0.1, 0.15) is 6.10 Å². The first-order valence-corrected chi connectivity index (χ1v) is 7.97. The van der Waals surface area contributed by atoms with Crippen molar-refractivity contribution < 1.29 is 9.47 Å². The van der Waals surface area contributed by atoms with Crippen LogP contribution in [0.1, 0.15) is 50.8 Å². The first-order valence-electron chi connectivity index (χ1n) is 7.97. The number of nitrogens with one attached hydrogen (secondary N) is 1. The molecule has 1 saturated carbocycles. The van der Waals surface area contributed by atoms with Crippen molar-refractivity contribution in [3.8, 4) is 5.88 Å². The molecule has 1 aliphatic rings. The molecule has 0 radical (unpaired) electrons. The van der Waals surface area contributed by atoms with Gasteiger partial charge in [0.2, 0.25) is 5.88 Å². The molecule has 0 spiro atoms. The highest BCUT2D eigenvalue weighted by Gasteiger charge is 2.23. The van der Waals surface area contributed by atoms with E-state index in [4.69, 9.17) is 9.47 Å². The molecule has 118 valence electrons. The third-order valence-corrected chi connectivity index (χ3v) is 3.90. The van der Waals surface area contributed by atoms with Crippen LogP contribution in [-0.4, -0.2) is 30.3 Å². The molecule has 21 heavy (non-hydrogen) atoms. The molecular formula is C17H28N2O2. The lowest BCUT2D eigenvalue weighted by Gasteiger charge is -2.28. The van der Waals surface area contributed by atoms with Crippen LogP contribution in [-0.2, 0) is 11.3 Å². The first-order chi connectivity index (χ1) is 10.1. The maximum absolute atomic E-state index is 6.10. The summed E-state index contributed by atoms with van der Waals surface area (Å²) in [5.74, 6) is 0.748. The van der Waals surface area contributed by atoms with E-state index in [0.29, 0.717) is 12.1 Å². The second-order valence-electron chi connectivity index (χ2n) is 6.25. The lowest BCUT2D eigenvalue weighted by Crippen LogP contribution is -2.29. The Labute approximate surface area is 128 Å². The Morgan fingerprint density at radius 2 is 2.05 bits per heavy atom. The predicted molar refractivity (Wildman–Crippen MR) is 84.6 cm³/mol. The molecule has 0 aromatic carbocycles. The monoisotopic (exact) mass is 292 g/mol. The molecule has 0 amide bonds. The summed E-state index contributed by atoms with van der Waals surface area (Å²) in [7, 11) is 1.79. The molecule has 4 heteroatoms. The van der Waals surface area contributed by atoms with Crippen LogP contribution in [0.5, 0.6) is 5.88 Å². The highest BCUT2D eigenvalue weighted by molar-refractivity contribution is 5.24. The Morgan fingerprint density at radius 1 is 1.29 bits per heavy atom. The maximum atomic E-state index is 6.10. The fourth-order valence-electron chi connectivity index (χ4n) is 2.79. The topological polar surface area (TPSA) is 43.4 Å². The van der Waals surface area contributed by atoms with E-state index in [-0.39, 0.29) is 6.10 Å². The van der Waals surface area contributed by atoms with E-state index in [1.165, 1.54) is 5.56 Å². The molecular weight excluding hydrogens is 264 g/mol. The average molecular weight is 292 g/mol. The van der Waals surface area contributed by atoms with Gasteiger partial charge in [-0.1, -0.05) is 13.8 Å². The van der Waals surface area contributed by atoms with E-state index in [1.807, 2.05) is 6.92 Å². The molecule has 0 bridgehead atoms. The molecule has 2 rings (SSSR count). The maximum Gasteiger partial charge on any atom is 0.214 e. The van der Waals surface area contributed by atoms with Crippen molar-refractivity contribution in [2.75, 3.05) is 7.11 Å². The number of nitrogens with zero attached hydrogens (tertiary/aromatic N) is 1. The van der Waals surface area contributed by atoms with Gasteiger partial charge >= 0.3 is 0 Å². The van der Waals surface area contributed by atoms with E-state index in [1.54, 1.807) is 7.11 Å². The second kappa shape index (κ2) is 7.76. The minimum atomic E-state index is 0.226. The van der Waals surface area contributed by atoms with Crippen LogP contribution in [0, 0.1) is 6.92 Å². The molecule has 0 aliphatic heterocycles. The zero-order valence-corrected chi connectivity index (χ0v) is 13.7. The summed E-state index contributed by atoms with van der Waals surface area (Å²) in [5, 5.41) is 3.43. The van der Waals surface area contributed by atoms with Crippen molar-refractivity contribution in [2.24, 2.45) is 0 Å². The number of pyridine rings is 1. The highest BCUT2D eigenvalue weighted by atomic mass is 16.5. The van der Waals surface area contributed by atoms with Gasteiger partial charge in [-0.25, -0.2) is 4.98 Å². The second-order valence-corrected chi connectivity index (χ2v) is 6.25. The van der Waals surface area contributed by atoms with E-state index < -0.39 is 0 Å². The van der Waals surface area contributed by atoms with E-state index >= 15 is 0 Å². The van der Waals surface area contributed by atoms with Gasteiger partial charge in [0.15, 0.2) is 0 Å². The van der Waals surface area contributed by atoms with E-state index in [2.05, 4.69) is 36.3 Å². The summed E-state index contributed by atoms with van der Waals surface area (Å²) < 4.78 is 11.6. The SMILES string of the molecule is COC1CCCC(Oc2cc(CNC(C)C)cc(C)n2)C1. The van der Waals surface area contributed by atoms with Crippen molar-refractivity contribution in [3.05, 3.63) is 23.4 Å². The molecule has 2 unspecified atom stereocenters. The fourth-order valence-corrected chi connectivity index (χ4v) is 2.79. The van der Waals surface area contributed by atoms with Crippen molar-refractivity contribution in [3.63, 3.8) is 0 Å². The number of ether oxygens (including phenoxy) is 2. The summed E-state index contributed by atoms with van der Waals surface area (Å²) in [5.41, 5.74) is 2.23. The number of hydrogen-bond acceptors (Lipinski definition) is 4. The Balaban J connectivity index is 1.98. The summed E-state index contributed by atoms with van der Waals surface area (Å²) in [6, 6.07) is 4.64. The third kappa shape index (κ3) is 5.29. The smallest absolute Gasteiger partial charge is 0.214 e. The Kier molecular flexibility index (Phi) is 6.00. The van der Waals surface area contributed by atoms with Crippen molar-refractivity contribution in [2.45, 2.75) is 71.2 Å². The Bertz CT molecular complexity index is 448. The fraction of sp³-hybridized carbons (Fsp3) is 0.706. The highest BCUT2D eigenvalue weighted by Crippen LogP contribution is 2.25. The summed E-state index contributed by atoms with van der Waals surface area (Å²) in [6.07, 6.45) is 4.91. The number of aromatic nitrogens is 1. The van der Waals surface area contributed by atoms with Crippen LogP contribution < -0.4 is 10.1 Å². The average Bonchev–Trinajstić information content (AvgIpc) is 2.45.